The van der Waals surface area contributed by atoms with Crippen molar-refractivity contribution in [1.29, 1.82) is 0 Å². The van der Waals surface area contributed by atoms with Crippen molar-refractivity contribution >= 4 is 45.7 Å². The average Bonchev–Trinajstić information content (AvgIpc) is 2.36. The van der Waals surface area contributed by atoms with Crippen LogP contribution in [0.1, 0.15) is 36.2 Å². The molecule has 0 spiro atoms. The van der Waals surface area contributed by atoms with Gasteiger partial charge in [0.25, 0.3) is 5.91 Å². The fraction of sp³-hybridized carbons (Fsp3) is 0.467. The van der Waals surface area contributed by atoms with E-state index < -0.39 is 0 Å². The maximum absolute atomic E-state index is 12.7. The van der Waals surface area contributed by atoms with Crippen LogP contribution in [0.5, 0.6) is 0 Å². The van der Waals surface area contributed by atoms with Crippen molar-refractivity contribution in [2.45, 2.75) is 27.2 Å². The van der Waals surface area contributed by atoms with Crippen molar-refractivity contribution in [1.82, 2.24) is 4.90 Å². The second kappa shape index (κ2) is 7.93. The smallest absolute Gasteiger partial charge is 0.254 e. The van der Waals surface area contributed by atoms with Crippen molar-refractivity contribution in [2.24, 2.45) is 11.7 Å². The SMILES string of the molecule is Cc1cccc(C(=O)N(CCC(N)=S)CC(C)C)c1I. The van der Waals surface area contributed by atoms with Crippen LogP contribution in [0.25, 0.3) is 0 Å². The van der Waals surface area contributed by atoms with E-state index in [9.17, 15) is 4.79 Å². The molecule has 0 saturated carbocycles. The van der Waals surface area contributed by atoms with Gasteiger partial charge in [-0.25, -0.2) is 0 Å². The molecule has 110 valence electrons. The highest BCUT2D eigenvalue weighted by Gasteiger charge is 2.19. The van der Waals surface area contributed by atoms with Crippen LogP contribution in [0.4, 0.5) is 0 Å². The average molecular weight is 404 g/mol. The molecule has 0 bridgehead atoms. The molecule has 2 N–H and O–H groups in total. The van der Waals surface area contributed by atoms with Crippen molar-refractivity contribution in [3.8, 4) is 0 Å². The molecule has 0 unspecified atom stereocenters. The second-order valence-corrected chi connectivity index (χ2v) is 6.90. The molecule has 1 rings (SSSR count). The quantitative estimate of drug-likeness (QED) is 0.584. The highest BCUT2D eigenvalue weighted by molar-refractivity contribution is 14.1. The van der Waals surface area contributed by atoms with E-state index in [1.54, 1.807) is 0 Å². The molecule has 0 saturated heterocycles. The molecule has 0 fully saturated rings. The van der Waals surface area contributed by atoms with E-state index in [0.717, 1.165) is 14.7 Å². The van der Waals surface area contributed by atoms with Gasteiger partial charge in [-0.1, -0.05) is 38.2 Å². The van der Waals surface area contributed by atoms with Crippen LogP contribution in [0.2, 0.25) is 0 Å². The van der Waals surface area contributed by atoms with Gasteiger partial charge in [0.2, 0.25) is 0 Å². The number of aryl methyl sites for hydroxylation is 1. The lowest BCUT2D eigenvalue weighted by Gasteiger charge is -2.25. The molecule has 0 aromatic heterocycles. The molecule has 1 amide bonds. The van der Waals surface area contributed by atoms with Gasteiger partial charge in [0, 0.05) is 23.1 Å². The van der Waals surface area contributed by atoms with Crippen LogP contribution in [-0.4, -0.2) is 28.9 Å². The first kappa shape index (κ1) is 17.4. The fourth-order valence-corrected chi connectivity index (χ4v) is 2.63. The minimum absolute atomic E-state index is 0.0584. The van der Waals surface area contributed by atoms with Crippen molar-refractivity contribution in [3.63, 3.8) is 0 Å². The number of amides is 1. The Hall–Kier alpha value is -0.690. The number of hydrogen-bond donors (Lipinski definition) is 1. The summed E-state index contributed by atoms with van der Waals surface area (Å²) in [5.41, 5.74) is 7.44. The molecule has 3 nitrogen and oxygen atoms in total. The number of nitrogens with zero attached hydrogens (tertiary/aromatic N) is 1. The number of carbonyl (C=O) groups is 1. The summed E-state index contributed by atoms with van der Waals surface area (Å²) in [6.07, 6.45) is 0.566. The van der Waals surface area contributed by atoms with E-state index in [-0.39, 0.29) is 5.91 Å². The van der Waals surface area contributed by atoms with Crippen molar-refractivity contribution in [2.75, 3.05) is 13.1 Å². The Morgan fingerprint density at radius 3 is 2.65 bits per heavy atom. The lowest BCUT2D eigenvalue weighted by atomic mass is 10.1. The van der Waals surface area contributed by atoms with Crippen LogP contribution < -0.4 is 5.73 Å². The van der Waals surface area contributed by atoms with Gasteiger partial charge in [0.1, 0.15) is 0 Å². The maximum atomic E-state index is 12.7. The summed E-state index contributed by atoms with van der Waals surface area (Å²) >= 11 is 7.15. The molecule has 1 aromatic carbocycles. The van der Waals surface area contributed by atoms with Crippen molar-refractivity contribution in [3.05, 3.63) is 32.9 Å². The molecule has 0 heterocycles. The summed E-state index contributed by atoms with van der Waals surface area (Å²) in [5, 5.41) is 0. The third-order valence-electron chi connectivity index (χ3n) is 2.92. The second-order valence-electron chi connectivity index (χ2n) is 5.30. The first-order chi connectivity index (χ1) is 9.32. The van der Waals surface area contributed by atoms with Crippen LogP contribution in [0.3, 0.4) is 0 Å². The minimum Gasteiger partial charge on any atom is -0.393 e. The highest BCUT2D eigenvalue weighted by Crippen LogP contribution is 2.19. The fourth-order valence-electron chi connectivity index (χ4n) is 1.94. The first-order valence-electron chi connectivity index (χ1n) is 6.65. The van der Waals surface area contributed by atoms with E-state index in [1.807, 2.05) is 30.0 Å². The van der Waals surface area contributed by atoms with Gasteiger partial charge in [-0.05, 0) is 47.1 Å². The third kappa shape index (κ3) is 5.01. The molecular formula is C15H21IN2OS. The zero-order chi connectivity index (χ0) is 15.3. The van der Waals surface area contributed by atoms with E-state index in [4.69, 9.17) is 18.0 Å². The van der Waals surface area contributed by atoms with Gasteiger partial charge in [-0.3, -0.25) is 4.79 Å². The Bertz CT molecular complexity index is 503. The van der Waals surface area contributed by atoms with E-state index in [1.165, 1.54) is 0 Å². The Labute approximate surface area is 140 Å². The molecule has 1 aromatic rings. The lowest BCUT2D eigenvalue weighted by Crippen LogP contribution is -2.37. The van der Waals surface area contributed by atoms with Crippen LogP contribution in [0, 0.1) is 16.4 Å². The number of hydrogen-bond acceptors (Lipinski definition) is 2. The Kier molecular flexibility index (Phi) is 6.88. The summed E-state index contributed by atoms with van der Waals surface area (Å²) in [7, 11) is 0. The topological polar surface area (TPSA) is 46.3 Å². The summed E-state index contributed by atoms with van der Waals surface area (Å²) in [6, 6.07) is 5.82. The summed E-state index contributed by atoms with van der Waals surface area (Å²) in [6.45, 7) is 7.51. The summed E-state index contributed by atoms with van der Waals surface area (Å²) < 4.78 is 1.01. The first-order valence-corrected chi connectivity index (χ1v) is 8.14. The van der Waals surface area contributed by atoms with Gasteiger partial charge in [-0.2, -0.15) is 0 Å². The molecular weight excluding hydrogens is 383 g/mol. The molecule has 0 aliphatic rings. The maximum Gasteiger partial charge on any atom is 0.254 e. The number of halogens is 1. The zero-order valence-electron chi connectivity index (χ0n) is 12.1. The number of nitrogens with two attached hydrogens (primary N) is 1. The molecule has 0 radical (unpaired) electrons. The van der Waals surface area contributed by atoms with E-state index in [2.05, 4.69) is 36.4 Å². The normalized spacial score (nSPS) is 10.7. The van der Waals surface area contributed by atoms with Crippen LogP contribution >= 0.6 is 34.8 Å². The Balaban J connectivity index is 2.96. The number of rotatable bonds is 6. The molecule has 0 atom stereocenters. The summed E-state index contributed by atoms with van der Waals surface area (Å²) in [4.78, 5) is 15.0. The van der Waals surface area contributed by atoms with Gasteiger partial charge >= 0.3 is 0 Å². The number of thiocarbonyl (C=S) groups is 1. The standard InChI is InChI=1S/C15H21IN2OS/c1-10(2)9-18(8-7-13(17)20)15(19)12-6-4-5-11(3)14(12)16/h4-6,10H,7-9H2,1-3H3,(H2,17,20). The monoisotopic (exact) mass is 404 g/mol. The predicted molar refractivity (Wildman–Crippen MR) is 96.0 cm³/mol. The number of benzene rings is 1. The van der Waals surface area contributed by atoms with E-state index >= 15 is 0 Å². The van der Waals surface area contributed by atoms with Gasteiger partial charge in [0.05, 0.1) is 10.6 Å². The van der Waals surface area contributed by atoms with Gasteiger partial charge in [-0.15, -0.1) is 0 Å². The number of carbonyl (C=O) groups excluding carboxylic acids is 1. The largest absolute Gasteiger partial charge is 0.393 e. The molecule has 5 heteroatoms. The zero-order valence-corrected chi connectivity index (χ0v) is 15.1. The molecule has 0 aliphatic carbocycles. The highest BCUT2D eigenvalue weighted by atomic mass is 127. The molecule has 20 heavy (non-hydrogen) atoms. The van der Waals surface area contributed by atoms with E-state index in [0.29, 0.717) is 30.4 Å². The Morgan fingerprint density at radius 2 is 2.10 bits per heavy atom. The third-order valence-corrected chi connectivity index (χ3v) is 4.56. The summed E-state index contributed by atoms with van der Waals surface area (Å²) in [5.74, 6) is 0.468. The minimum atomic E-state index is 0.0584. The lowest BCUT2D eigenvalue weighted by molar-refractivity contribution is 0.0740. The predicted octanol–water partition coefficient (Wildman–Crippen LogP) is 3.37. The Morgan fingerprint density at radius 1 is 1.45 bits per heavy atom. The van der Waals surface area contributed by atoms with Crippen LogP contribution in [0.15, 0.2) is 18.2 Å². The molecule has 0 aliphatic heterocycles. The van der Waals surface area contributed by atoms with Crippen molar-refractivity contribution < 1.29 is 4.79 Å². The van der Waals surface area contributed by atoms with Crippen LogP contribution in [-0.2, 0) is 0 Å². The van der Waals surface area contributed by atoms with Gasteiger partial charge < -0.3 is 10.6 Å². The van der Waals surface area contributed by atoms with Gasteiger partial charge in [0.15, 0.2) is 0 Å².